The summed E-state index contributed by atoms with van der Waals surface area (Å²) in [6, 6.07) is 5.54. The van der Waals surface area contributed by atoms with Crippen LogP contribution in [-0.2, 0) is 16.0 Å². The second-order valence-electron chi connectivity index (χ2n) is 4.41. The Hall–Kier alpha value is -1.55. The van der Waals surface area contributed by atoms with Gasteiger partial charge in [-0.25, -0.2) is 0 Å². The van der Waals surface area contributed by atoms with Crippen molar-refractivity contribution in [1.29, 1.82) is 0 Å². The van der Waals surface area contributed by atoms with E-state index in [4.69, 9.17) is 9.47 Å². The van der Waals surface area contributed by atoms with Crippen molar-refractivity contribution in [1.82, 2.24) is 0 Å². The van der Waals surface area contributed by atoms with Gasteiger partial charge in [0.15, 0.2) is 0 Å². The van der Waals surface area contributed by atoms with Crippen molar-refractivity contribution in [3.8, 4) is 5.75 Å². The van der Waals surface area contributed by atoms with Crippen LogP contribution in [0.25, 0.3) is 0 Å². The van der Waals surface area contributed by atoms with E-state index in [0.717, 1.165) is 23.3 Å². The van der Waals surface area contributed by atoms with Crippen molar-refractivity contribution in [3.05, 3.63) is 29.3 Å². The number of methoxy groups -OCH3 is 1. The van der Waals surface area contributed by atoms with E-state index in [0.29, 0.717) is 13.0 Å². The molecule has 0 unspecified atom stereocenters. The van der Waals surface area contributed by atoms with Crippen molar-refractivity contribution < 1.29 is 19.4 Å². The van der Waals surface area contributed by atoms with Gasteiger partial charge in [-0.05, 0) is 43.0 Å². The van der Waals surface area contributed by atoms with Crippen LogP contribution in [0.1, 0.15) is 30.6 Å². The average Bonchev–Trinajstić information content (AvgIpc) is 2.38. The van der Waals surface area contributed by atoms with Crippen molar-refractivity contribution in [2.45, 2.75) is 25.9 Å². The van der Waals surface area contributed by atoms with Gasteiger partial charge in [0.2, 0.25) is 0 Å². The van der Waals surface area contributed by atoms with Gasteiger partial charge in [0.05, 0.1) is 25.7 Å². The molecule has 98 valence electrons. The molecule has 4 heteroatoms. The van der Waals surface area contributed by atoms with E-state index in [1.807, 2.05) is 12.1 Å². The summed E-state index contributed by atoms with van der Waals surface area (Å²) in [4.78, 5) is 11.7. The van der Waals surface area contributed by atoms with Crippen molar-refractivity contribution in [2.75, 3.05) is 13.7 Å². The van der Waals surface area contributed by atoms with Gasteiger partial charge in [0.1, 0.15) is 5.75 Å². The summed E-state index contributed by atoms with van der Waals surface area (Å²) >= 11 is 0. The Bertz CT molecular complexity index is 441. The van der Waals surface area contributed by atoms with Crippen LogP contribution in [0.3, 0.4) is 0 Å². The number of esters is 1. The van der Waals surface area contributed by atoms with Crippen LogP contribution in [0.4, 0.5) is 0 Å². The molecule has 18 heavy (non-hydrogen) atoms. The van der Waals surface area contributed by atoms with Crippen LogP contribution >= 0.6 is 0 Å². The van der Waals surface area contributed by atoms with E-state index in [2.05, 4.69) is 0 Å². The summed E-state index contributed by atoms with van der Waals surface area (Å²) in [5.41, 5.74) is 1.85. The lowest BCUT2D eigenvalue weighted by Crippen LogP contribution is -2.29. The molecule has 0 amide bonds. The van der Waals surface area contributed by atoms with Crippen LogP contribution in [0, 0.1) is 5.92 Å². The van der Waals surface area contributed by atoms with Gasteiger partial charge in [0, 0.05) is 0 Å². The molecule has 0 radical (unpaired) electrons. The topological polar surface area (TPSA) is 55.8 Å². The summed E-state index contributed by atoms with van der Waals surface area (Å²) < 4.78 is 10.1. The fraction of sp³-hybridized carbons (Fsp3) is 0.500. The highest BCUT2D eigenvalue weighted by atomic mass is 16.5. The van der Waals surface area contributed by atoms with Crippen molar-refractivity contribution in [3.63, 3.8) is 0 Å². The van der Waals surface area contributed by atoms with E-state index in [1.165, 1.54) is 0 Å². The van der Waals surface area contributed by atoms with Crippen LogP contribution in [0.2, 0.25) is 0 Å². The quantitative estimate of drug-likeness (QED) is 0.832. The molecular weight excluding hydrogens is 232 g/mol. The fourth-order valence-electron chi connectivity index (χ4n) is 2.40. The number of benzene rings is 1. The van der Waals surface area contributed by atoms with E-state index in [9.17, 15) is 9.90 Å². The number of aliphatic hydroxyl groups is 1. The Labute approximate surface area is 107 Å². The molecule has 0 aromatic heterocycles. The molecular formula is C14H18O4. The van der Waals surface area contributed by atoms with Gasteiger partial charge in [0.25, 0.3) is 0 Å². The summed E-state index contributed by atoms with van der Waals surface area (Å²) in [6.45, 7) is 2.11. The highest BCUT2D eigenvalue weighted by Crippen LogP contribution is 2.36. The molecule has 1 aromatic rings. The number of ether oxygens (including phenoxy) is 2. The van der Waals surface area contributed by atoms with Crippen molar-refractivity contribution >= 4 is 5.97 Å². The fourth-order valence-corrected chi connectivity index (χ4v) is 2.40. The third-order valence-electron chi connectivity index (χ3n) is 3.36. The van der Waals surface area contributed by atoms with Crippen LogP contribution in [-0.4, -0.2) is 24.8 Å². The Morgan fingerprint density at radius 3 is 2.94 bits per heavy atom. The SMILES string of the molecule is CCOC(=O)[C@@H]1CCc2cc(OC)ccc2[C@H]1O. The molecule has 0 spiro atoms. The second kappa shape index (κ2) is 5.40. The second-order valence-corrected chi connectivity index (χ2v) is 4.41. The number of fused-ring (bicyclic) bond motifs is 1. The lowest BCUT2D eigenvalue weighted by molar-refractivity contribution is -0.153. The monoisotopic (exact) mass is 250 g/mol. The highest BCUT2D eigenvalue weighted by molar-refractivity contribution is 5.74. The van der Waals surface area contributed by atoms with Crippen LogP contribution in [0.5, 0.6) is 5.75 Å². The van der Waals surface area contributed by atoms with Crippen molar-refractivity contribution in [2.24, 2.45) is 5.92 Å². The van der Waals surface area contributed by atoms with Crippen LogP contribution < -0.4 is 4.74 Å². The number of aryl methyl sites for hydroxylation is 1. The van der Waals surface area contributed by atoms with E-state index in [1.54, 1.807) is 20.1 Å². The van der Waals surface area contributed by atoms with E-state index < -0.39 is 12.0 Å². The maximum absolute atomic E-state index is 11.7. The zero-order valence-corrected chi connectivity index (χ0v) is 10.7. The van der Waals surface area contributed by atoms with Gasteiger partial charge in [-0.2, -0.15) is 0 Å². The molecule has 1 aliphatic rings. The maximum atomic E-state index is 11.7. The summed E-state index contributed by atoms with van der Waals surface area (Å²) in [5, 5.41) is 10.2. The zero-order chi connectivity index (χ0) is 13.1. The molecule has 0 saturated heterocycles. The van der Waals surface area contributed by atoms with Gasteiger partial charge in [-0.3, -0.25) is 4.79 Å². The number of aliphatic hydroxyl groups excluding tert-OH is 1. The first kappa shape index (κ1) is 12.9. The minimum Gasteiger partial charge on any atom is -0.497 e. The molecule has 2 rings (SSSR count). The maximum Gasteiger partial charge on any atom is 0.311 e. The standard InChI is InChI=1S/C14H18O4/c1-3-18-14(16)12-6-4-9-8-10(17-2)5-7-11(9)13(12)15/h5,7-8,12-13,15H,3-4,6H2,1-2H3/t12-,13-/m1/s1. The number of hydrogen-bond donors (Lipinski definition) is 1. The predicted octanol–water partition coefficient (Wildman–Crippen LogP) is 1.85. The molecule has 1 aromatic carbocycles. The highest BCUT2D eigenvalue weighted by Gasteiger charge is 2.34. The van der Waals surface area contributed by atoms with E-state index >= 15 is 0 Å². The number of carbonyl (C=O) groups excluding carboxylic acids is 1. The normalized spacial score (nSPS) is 22.2. The first-order chi connectivity index (χ1) is 8.67. The molecule has 0 saturated carbocycles. The Balaban J connectivity index is 2.23. The average molecular weight is 250 g/mol. The first-order valence-corrected chi connectivity index (χ1v) is 6.19. The minimum absolute atomic E-state index is 0.313. The lowest BCUT2D eigenvalue weighted by Gasteiger charge is -2.28. The Morgan fingerprint density at radius 2 is 2.28 bits per heavy atom. The molecule has 0 fully saturated rings. The first-order valence-electron chi connectivity index (χ1n) is 6.19. The minimum atomic E-state index is -0.779. The van der Waals surface area contributed by atoms with Gasteiger partial charge >= 0.3 is 5.97 Å². The Morgan fingerprint density at radius 1 is 1.50 bits per heavy atom. The molecule has 0 aliphatic heterocycles. The molecule has 0 bridgehead atoms. The molecule has 1 aliphatic carbocycles. The summed E-state index contributed by atoms with van der Waals surface area (Å²) in [6.07, 6.45) is 0.589. The smallest absolute Gasteiger partial charge is 0.311 e. The zero-order valence-electron chi connectivity index (χ0n) is 10.7. The van der Waals surface area contributed by atoms with Gasteiger partial charge < -0.3 is 14.6 Å². The van der Waals surface area contributed by atoms with Crippen LogP contribution in [0.15, 0.2) is 18.2 Å². The van der Waals surface area contributed by atoms with Gasteiger partial charge in [-0.15, -0.1) is 0 Å². The summed E-state index contributed by atoms with van der Waals surface area (Å²) in [5.74, 6) is 0.00727. The molecule has 2 atom stereocenters. The lowest BCUT2D eigenvalue weighted by atomic mass is 9.81. The number of carbonyl (C=O) groups is 1. The Kier molecular flexibility index (Phi) is 3.87. The molecule has 4 nitrogen and oxygen atoms in total. The summed E-state index contributed by atoms with van der Waals surface area (Å²) in [7, 11) is 1.61. The largest absolute Gasteiger partial charge is 0.497 e. The van der Waals surface area contributed by atoms with Gasteiger partial charge in [-0.1, -0.05) is 6.07 Å². The number of hydrogen-bond acceptors (Lipinski definition) is 4. The molecule has 0 heterocycles. The van der Waals surface area contributed by atoms with E-state index in [-0.39, 0.29) is 5.97 Å². The predicted molar refractivity (Wildman–Crippen MR) is 66.4 cm³/mol. The third kappa shape index (κ3) is 2.34. The third-order valence-corrected chi connectivity index (χ3v) is 3.36. The molecule has 1 N–H and O–H groups in total. The number of rotatable bonds is 3.